The lowest BCUT2D eigenvalue weighted by Gasteiger charge is -2.14. The topological polar surface area (TPSA) is 63.7 Å². The number of hydrogen-bond acceptors (Lipinski definition) is 4. The molecule has 23 heavy (non-hydrogen) atoms. The molecule has 5 heteroatoms. The summed E-state index contributed by atoms with van der Waals surface area (Å²) >= 11 is 0. The number of amides is 2. The number of rotatable bonds is 9. The Morgan fingerprint density at radius 2 is 2.04 bits per heavy atom. The number of hydrogen-bond donors (Lipinski definition) is 0. The average Bonchev–Trinajstić information content (AvgIpc) is 2.80. The molecule has 1 fully saturated rings. The van der Waals surface area contributed by atoms with Gasteiger partial charge in [-0.25, -0.2) is 0 Å². The van der Waals surface area contributed by atoms with Crippen molar-refractivity contribution in [3.63, 3.8) is 0 Å². The lowest BCUT2D eigenvalue weighted by Crippen LogP contribution is -2.32. The highest BCUT2D eigenvalue weighted by Gasteiger charge is 2.46. The summed E-state index contributed by atoms with van der Waals surface area (Å²) in [6.45, 7) is 3.03. The van der Waals surface area contributed by atoms with E-state index < -0.39 is 0 Å². The number of ether oxygens (including phenoxy) is 1. The van der Waals surface area contributed by atoms with Gasteiger partial charge in [-0.1, -0.05) is 31.9 Å². The van der Waals surface area contributed by atoms with E-state index >= 15 is 0 Å². The molecule has 2 aliphatic rings. The predicted octanol–water partition coefficient (Wildman–Crippen LogP) is 2.84. The van der Waals surface area contributed by atoms with Gasteiger partial charge < -0.3 is 4.74 Å². The van der Waals surface area contributed by atoms with Gasteiger partial charge in [0.05, 0.1) is 18.4 Å². The maximum absolute atomic E-state index is 12.3. The van der Waals surface area contributed by atoms with Crippen LogP contribution in [-0.2, 0) is 19.1 Å². The second kappa shape index (κ2) is 8.85. The first-order valence-electron chi connectivity index (χ1n) is 8.82. The molecule has 0 radical (unpaired) electrons. The second-order valence-corrected chi connectivity index (χ2v) is 6.35. The van der Waals surface area contributed by atoms with Crippen molar-refractivity contribution in [2.24, 2.45) is 11.8 Å². The maximum atomic E-state index is 12.3. The van der Waals surface area contributed by atoms with Gasteiger partial charge in [0.2, 0.25) is 11.8 Å². The normalized spacial score (nSPS) is 23.3. The Morgan fingerprint density at radius 3 is 2.78 bits per heavy atom. The van der Waals surface area contributed by atoms with Crippen LogP contribution in [0.4, 0.5) is 0 Å². The van der Waals surface area contributed by atoms with Crippen LogP contribution in [0.25, 0.3) is 0 Å². The molecule has 0 bridgehead atoms. The maximum Gasteiger partial charge on any atom is 0.305 e. The van der Waals surface area contributed by atoms with Crippen LogP contribution >= 0.6 is 0 Å². The fraction of sp³-hybridized carbons (Fsp3) is 0.722. The molecule has 0 aromatic carbocycles. The molecule has 128 valence electrons. The van der Waals surface area contributed by atoms with Gasteiger partial charge in [-0.3, -0.25) is 19.3 Å². The van der Waals surface area contributed by atoms with Crippen molar-refractivity contribution in [3.8, 4) is 0 Å². The number of unbranched alkanes of at least 4 members (excludes halogenated alkanes) is 3. The molecule has 0 spiro atoms. The molecular formula is C18H27NO4. The second-order valence-electron chi connectivity index (χ2n) is 6.35. The summed E-state index contributed by atoms with van der Waals surface area (Å²) in [6, 6.07) is 0. The number of allylic oxidation sites excluding steroid dienone is 1. The van der Waals surface area contributed by atoms with E-state index in [1.165, 1.54) is 4.90 Å². The van der Waals surface area contributed by atoms with Crippen molar-refractivity contribution in [1.82, 2.24) is 4.90 Å². The van der Waals surface area contributed by atoms with Crippen LogP contribution in [-0.4, -0.2) is 35.8 Å². The van der Waals surface area contributed by atoms with Crippen molar-refractivity contribution < 1.29 is 19.1 Å². The Hall–Kier alpha value is -1.65. The molecule has 5 nitrogen and oxygen atoms in total. The van der Waals surface area contributed by atoms with E-state index in [1.54, 1.807) is 0 Å². The zero-order valence-electron chi connectivity index (χ0n) is 14.0. The lowest BCUT2D eigenvalue weighted by molar-refractivity contribution is -0.144. The van der Waals surface area contributed by atoms with E-state index in [0.717, 1.165) is 44.9 Å². The number of imide groups is 1. The third-order valence-corrected chi connectivity index (χ3v) is 4.58. The Bertz CT molecular complexity index is 472. The smallest absolute Gasteiger partial charge is 0.305 e. The highest BCUT2D eigenvalue weighted by molar-refractivity contribution is 6.06. The van der Waals surface area contributed by atoms with E-state index in [-0.39, 0.29) is 29.6 Å². The first kappa shape index (κ1) is 17.7. The number of fused-ring (bicyclic) bond motifs is 1. The molecule has 1 aliphatic heterocycles. The van der Waals surface area contributed by atoms with Crippen molar-refractivity contribution >= 4 is 17.8 Å². The SMILES string of the molecule is CCCCOC(=O)CCCCCN1C(=O)C2C=CCCC2C1=O. The molecule has 2 amide bonds. The van der Waals surface area contributed by atoms with Gasteiger partial charge in [0.1, 0.15) is 0 Å². The van der Waals surface area contributed by atoms with Gasteiger partial charge >= 0.3 is 5.97 Å². The molecule has 1 aliphatic carbocycles. The standard InChI is InChI=1S/C18H27NO4/c1-2-3-13-23-16(20)11-5-4-8-12-19-17(21)14-9-6-7-10-15(14)18(19)22/h6,9,14-15H,2-5,7-8,10-13H2,1H3. The summed E-state index contributed by atoms with van der Waals surface area (Å²) in [6.07, 6.45) is 10.2. The highest BCUT2D eigenvalue weighted by atomic mass is 16.5. The Kier molecular flexibility index (Phi) is 6.81. The summed E-state index contributed by atoms with van der Waals surface area (Å²) in [5.41, 5.74) is 0. The van der Waals surface area contributed by atoms with E-state index in [0.29, 0.717) is 19.6 Å². The van der Waals surface area contributed by atoms with Gasteiger partial charge in [0.25, 0.3) is 0 Å². The van der Waals surface area contributed by atoms with E-state index in [2.05, 4.69) is 6.92 Å². The molecule has 1 saturated heterocycles. The number of nitrogens with zero attached hydrogens (tertiary/aromatic N) is 1. The van der Waals surface area contributed by atoms with Crippen LogP contribution < -0.4 is 0 Å². The third kappa shape index (κ3) is 4.66. The summed E-state index contributed by atoms with van der Waals surface area (Å²) in [7, 11) is 0. The molecule has 0 aromatic heterocycles. The van der Waals surface area contributed by atoms with Gasteiger partial charge in [0.15, 0.2) is 0 Å². The zero-order chi connectivity index (χ0) is 16.7. The monoisotopic (exact) mass is 321 g/mol. The van der Waals surface area contributed by atoms with Gasteiger partial charge in [-0.2, -0.15) is 0 Å². The van der Waals surface area contributed by atoms with Crippen molar-refractivity contribution in [1.29, 1.82) is 0 Å². The van der Waals surface area contributed by atoms with Crippen molar-refractivity contribution in [2.45, 2.75) is 58.3 Å². The summed E-state index contributed by atoms with van der Waals surface area (Å²) in [5, 5.41) is 0. The van der Waals surface area contributed by atoms with Gasteiger partial charge in [-0.15, -0.1) is 0 Å². The molecule has 2 rings (SSSR count). The molecule has 0 N–H and O–H groups in total. The Morgan fingerprint density at radius 1 is 1.22 bits per heavy atom. The molecule has 2 atom stereocenters. The predicted molar refractivity (Wildman–Crippen MR) is 86.4 cm³/mol. The quantitative estimate of drug-likeness (QED) is 0.283. The summed E-state index contributed by atoms with van der Waals surface area (Å²) in [5.74, 6) is -0.577. The zero-order valence-corrected chi connectivity index (χ0v) is 14.0. The first-order chi connectivity index (χ1) is 11.1. The van der Waals surface area contributed by atoms with Crippen molar-refractivity contribution in [2.75, 3.05) is 13.2 Å². The van der Waals surface area contributed by atoms with Gasteiger partial charge in [0, 0.05) is 13.0 Å². The van der Waals surface area contributed by atoms with Crippen LogP contribution in [0.15, 0.2) is 12.2 Å². The molecule has 2 unspecified atom stereocenters. The van der Waals surface area contributed by atoms with E-state index in [4.69, 9.17) is 4.74 Å². The number of esters is 1. The summed E-state index contributed by atoms with van der Waals surface area (Å²) in [4.78, 5) is 37.4. The van der Waals surface area contributed by atoms with Crippen LogP contribution in [0.3, 0.4) is 0 Å². The molecule has 0 saturated carbocycles. The van der Waals surface area contributed by atoms with Gasteiger partial charge in [-0.05, 0) is 32.1 Å². The van der Waals surface area contributed by atoms with Crippen molar-refractivity contribution in [3.05, 3.63) is 12.2 Å². The lowest BCUT2D eigenvalue weighted by atomic mass is 9.86. The Labute approximate surface area is 138 Å². The largest absolute Gasteiger partial charge is 0.466 e. The fourth-order valence-corrected chi connectivity index (χ4v) is 3.19. The minimum atomic E-state index is -0.232. The van der Waals surface area contributed by atoms with Crippen LogP contribution in [0, 0.1) is 11.8 Å². The highest BCUT2D eigenvalue weighted by Crippen LogP contribution is 2.34. The molecule has 1 heterocycles. The third-order valence-electron chi connectivity index (χ3n) is 4.58. The van der Waals surface area contributed by atoms with E-state index in [1.807, 2.05) is 12.2 Å². The summed E-state index contributed by atoms with van der Waals surface area (Å²) < 4.78 is 5.10. The average molecular weight is 321 g/mol. The first-order valence-corrected chi connectivity index (χ1v) is 8.82. The van der Waals surface area contributed by atoms with Crippen LogP contribution in [0.2, 0.25) is 0 Å². The number of carbonyl (C=O) groups excluding carboxylic acids is 3. The minimum Gasteiger partial charge on any atom is -0.466 e. The molecular weight excluding hydrogens is 294 g/mol. The molecule has 0 aromatic rings. The number of carbonyl (C=O) groups is 3. The van der Waals surface area contributed by atoms with Crippen LogP contribution in [0.1, 0.15) is 58.3 Å². The van der Waals surface area contributed by atoms with E-state index in [9.17, 15) is 14.4 Å². The van der Waals surface area contributed by atoms with Crippen LogP contribution in [0.5, 0.6) is 0 Å². The Balaban J connectivity index is 1.63. The fourth-order valence-electron chi connectivity index (χ4n) is 3.19. The number of likely N-dealkylation sites (tertiary alicyclic amines) is 1. The minimum absolute atomic E-state index is 0.0108.